The fourth-order valence-corrected chi connectivity index (χ4v) is 15.4. The molecule has 14 heterocycles. The number of hydrogen-bond acceptors (Lipinski definition) is 15. The zero-order chi connectivity index (χ0) is 80.4. The summed E-state index contributed by atoms with van der Waals surface area (Å²) in [6, 6.07) is 88.3. The van der Waals surface area contributed by atoms with E-state index in [1.54, 1.807) is 25.4 Å². The summed E-state index contributed by atoms with van der Waals surface area (Å²) in [6.45, 7) is 14.3. The summed E-state index contributed by atoms with van der Waals surface area (Å²) in [4.78, 5) is 50.6. The third-order valence-corrected chi connectivity index (χ3v) is 21.3. The fraction of sp³-hybridized carbons (Fsp3) is 0.182. The van der Waals surface area contributed by atoms with Crippen LogP contribution in [-0.2, 0) is 33.8 Å². The predicted octanol–water partition coefficient (Wildman–Crippen LogP) is 20.2. The normalized spacial score (nSPS) is 13.0. The van der Waals surface area contributed by atoms with Crippen molar-refractivity contribution in [3.05, 3.63) is 343 Å². The number of nitrogens with zero attached hydrogens (tertiary/aromatic N) is 13. The van der Waals surface area contributed by atoms with Crippen molar-refractivity contribution in [1.82, 2.24) is 58.9 Å². The number of nitriles is 1. The lowest BCUT2D eigenvalue weighted by Gasteiger charge is -2.29. The maximum atomic E-state index is 10.4. The lowest BCUT2D eigenvalue weighted by molar-refractivity contribution is 0.0695. The number of rotatable bonds is 12. The van der Waals surface area contributed by atoms with E-state index in [9.17, 15) is 4.79 Å². The quantitative estimate of drug-likeness (QED) is 0.0966. The Kier molecular flexibility index (Phi) is 27.5. The van der Waals surface area contributed by atoms with E-state index in [0.29, 0.717) is 10.8 Å². The molecule has 602 valence electrons. The Morgan fingerprint density at radius 3 is 1.28 bits per heavy atom. The van der Waals surface area contributed by atoms with Crippen LogP contribution in [-0.4, -0.2) is 144 Å². The molecule has 20 nitrogen and oxygen atoms in total. The molecule has 0 unspecified atom stereocenters. The van der Waals surface area contributed by atoms with Crippen molar-refractivity contribution in [1.29, 1.82) is 5.26 Å². The van der Waals surface area contributed by atoms with Crippen molar-refractivity contribution in [2.75, 3.05) is 88.7 Å². The zero-order valence-corrected chi connectivity index (χ0v) is 66.0. The van der Waals surface area contributed by atoms with E-state index in [0.717, 1.165) is 204 Å². The first kappa shape index (κ1) is 82.7. The molecule has 0 aliphatic carbocycles. The van der Waals surface area contributed by atoms with Crippen LogP contribution in [0.1, 0.15) is 53.2 Å². The Balaban J connectivity index is 0.000000124. The second-order valence-corrected chi connectivity index (χ2v) is 28.9. The zero-order valence-electron chi connectivity index (χ0n) is 65.2. The minimum atomic E-state index is -0.925. The van der Waals surface area contributed by atoms with Crippen LogP contribution in [0.5, 0.6) is 0 Å². The van der Waals surface area contributed by atoms with E-state index in [-0.39, 0.29) is 20.4 Å². The molecule has 18 aromatic rings. The summed E-state index contributed by atoms with van der Waals surface area (Å²) < 4.78 is 22.8. The summed E-state index contributed by atoms with van der Waals surface area (Å²) in [5, 5.41) is 28.9. The molecule has 0 spiro atoms. The van der Waals surface area contributed by atoms with E-state index < -0.39 is 5.97 Å². The Morgan fingerprint density at radius 1 is 0.433 bits per heavy atom. The number of ether oxygens (including phenoxy) is 3. The molecule has 21 heteroatoms. The van der Waals surface area contributed by atoms with Gasteiger partial charge in [0.1, 0.15) is 16.8 Å². The molecule has 3 saturated heterocycles. The van der Waals surface area contributed by atoms with Crippen LogP contribution < -0.4 is 15.1 Å². The number of fused-ring (bicyclic) bond motifs is 7. The molecule has 0 amide bonds. The monoisotopic (exact) mass is 1610 g/mol. The first-order valence-corrected chi connectivity index (χ1v) is 39.9. The summed E-state index contributed by atoms with van der Waals surface area (Å²) in [5.74, 6) is 1.07. The van der Waals surface area contributed by atoms with Crippen LogP contribution in [0.15, 0.2) is 304 Å². The van der Waals surface area contributed by atoms with Gasteiger partial charge in [0, 0.05) is 185 Å². The number of H-pyrrole nitrogens is 1. The third-order valence-electron chi connectivity index (χ3n) is 21.0. The van der Waals surface area contributed by atoms with Crippen molar-refractivity contribution in [3.8, 4) is 39.8 Å². The smallest absolute Gasteiger partial charge is 0.337 e. The van der Waals surface area contributed by atoms with Crippen LogP contribution in [0.4, 0.5) is 11.6 Å². The van der Waals surface area contributed by atoms with E-state index >= 15 is 0 Å². The standard InChI is InChI=1S/C27H24N4O.C23H16ClN3.C20H18N4O.C16H12N2.C7H7NO2.C4H9NO.2CH4/c1-2-6-20(7-3-1)19-31-13-11-22-21(8-4-10-26(22)31)25-18-24-23(9-5-12-28-24)27(29-25)30-14-16-32-17-15-30;24-23-19-9-5-12-25-20(19)14-21(26-23)17-8-4-10-22-18(17)11-13-27(22)15-16-6-2-1-3-7-16;1-3-14(15-6-8-22-17(15)5-1)19-13-18-16(4-2-7-21-18)20(23-19)24-9-11-25-12-10-24;17-11-14-7-4-8-16-15(14)9-10-18(16)12-13-5-2-1-3-6-13;1-5-6(7(9)10)3-2-4-8-5;1-3-6-4-2-5-1;;/h1-13,18H,14-17,19H2;1-14H,15H2;1-8,13,22H,9-12H2;1-10H,12H2;2-4H,1H3,(H,9,10);5H,1-4H2;2*1H4. The molecule has 7 aromatic carbocycles. The number of carboxylic acid groups (broad SMARTS) is 1. The number of carboxylic acids is 1. The van der Waals surface area contributed by atoms with Crippen LogP contribution in [0.3, 0.4) is 0 Å². The summed E-state index contributed by atoms with van der Waals surface area (Å²) in [7, 11) is 0. The molecule has 0 bridgehead atoms. The lowest BCUT2D eigenvalue weighted by atomic mass is 10.0. The van der Waals surface area contributed by atoms with E-state index in [1.807, 2.05) is 97.6 Å². The van der Waals surface area contributed by atoms with Crippen LogP contribution >= 0.6 is 11.6 Å². The Hall–Kier alpha value is -13.8. The van der Waals surface area contributed by atoms with Crippen molar-refractivity contribution < 1.29 is 24.1 Å². The van der Waals surface area contributed by atoms with E-state index in [1.165, 1.54) is 44.6 Å². The number of benzene rings is 7. The molecule has 0 radical (unpaired) electrons. The number of aromatic amines is 1. The molecular formula is C99H94ClN15O5. The van der Waals surface area contributed by atoms with Gasteiger partial charge in [0.2, 0.25) is 0 Å². The maximum absolute atomic E-state index is 10.4. The Morgan fingerprint density at radius 2 is 0.842 bits per heavy atom. The SMILES string of the molecule is C.C.C1COCCN1.Cc1ncccc1C(=O)O.Clc1nc(-c2cccc3c2ccn3Cc2ccccc2)cc2ncccc12.N#Cc1cccc2c1ccn2Cc1ccccc1.c1cc(-c2cc3ncccc3c(N3CCOCC3)n2)c2cc[nH]c2c1.c1ccc(Cn2ccc3c(-c4cc5ncccc5c(N5CCOCC5)n4)cccc32)cc1. The molecule has 3 fully saturated rings. The molecule has 3 N–H and O–H groups in total. The van der Waals surface area contributed by atoms with Gasteiger partial charge in [0.05, 0.1) is 96.2 Å². The Labute approximate surface area is 702 Å². The highest BCUT2D eigenvalue weighted by atomic mass is 35.5. The number of nitrogens with one attached hydrogen (secondary N) is 2. The Bertz CT molecular complexity index is 6500. The van der Waals surface area contributed by atoms with E-state index in [4.69, 9.17) is 46.1 Å². The number of halogens is 1. The van der Waals surface area contributed by atoms with Gasteiger partial charge in [-0.05, 0) is 145 Å². The van der Waals surface area contributed by atoms with Gasteiger partial charge >= 0.3 is 5.97 Å². The predicted molar refractivity (Wildman–Crippen MR) is 485 cm³/mol. The largest absolute Gasteiger partial charge is 0.478 e. The van der Waals surface area contributed by atoms with Gasteiger partial charge in [-0.2, -0.15) is 5.26 Å². The molecule has 0 atom stereocenters. The average molecular weight is 1610 g/mol. The van der Waals surface area contributed by atoms with Crippen molar-refractivity contribution in [2.24, 2.45) is 0 Å². The highest BCUT2D eigenvalue weighted by Crippen LogP contribution is 2.37. The molecule has 3 aliphatic heterocycles. The van der Waals surface area contributed by atoms with Gasteiger partial charge in [0.15, 0.2) is 0 Å². The number of hydrogen-bond donors (Lipinski definition) is 3. The molecule has 0 saturated carbocycles. The maximum Gasteiger partial charge on any atom is 0.337 e. The average Bonchev–Trinajstić information content (AvgIpc) is 1.36. The van der Waals surface area contributed by atoms with Gasteiger partial charge in [-0.15, -0.1) is 0 Å². The van der Waals surface area contributed by atoms with Crippen LogP contribution in [0, 0.1) is 18.3 Å². The van der Waals surface area contributed by atoms with Crippen molar-refractivity contribution >= 4 is 106 Å². The van der Waals surface area contributed by atoms with E-state index in [2.05, 4.69) is 247 Å². The van der Waals surface area contributed by atoms with Crippen molar-refractivity contribution in [3.63, 3.8) is 0 Å². The number of pyridine rings is 7. The topological polar surface area (TPSA) is 228 Å². The van der Waals surface area contributed by atoms with Gasteiger partial charge in [-0.25, -0.2) is 19.7 Å². The lowest BCUT2D eigenvalue weighted by Crippen LogP contribution is -2.37. The molecule has 21 rings (SSSR count). The number of carbonyl (C=O) groups is 1. The summed E-state index contributed by atoms with van der Waals surface area (Å²) in [5.41, 5.74) is 18.9. The summed E-state index contributed by atoms with van der Waals surface area (Å²) in [6.07, 6.45) is 15.3. The number of aryl methyl sites for hydroxylation is 1. The highest BCUT2D eigenvalue weighted by molar-refractivity contribution is 6.34. The minimum Gasteiger partial charge on any atom is -0.478 e. The fourth-order valence-electron chi connectivity index (χ4n) is 15.1. The number of aromatic carboxylic acids is 1. The number of morpholine rings is 3. The molecule has 11 aromatic heterocycles. The second kappa shape index (κ2) is 39.9. The van der Waals surface area contributed by atoms with Crippen molar-refractivity contribution in [2.45, 2.75) is 41.4 Å². The third kappa shape index (κ3) is 19.4. The minimum absolute atomic E-state index is 0. The summed E-state index contributed by atoms with van der Waals surface area (Å²) >= 11 is 6.42. The molecule has 3 aliphatic rings. The number of aromatic nitrogens is 11. The number of anilines is 2. The molecule has 120 heavy (non-hydrogen) atoms. The van der Waals surface area contributed by atoms with Gasteiger partial charge in [-0.1, -0.05) is 160 Å². The first-order chi connectivity index (χ1) is 58.2. The van der Waals surface area contributed by atoms with Crippen LogP contribution in [0.2, 0.25) is 5.15 Å². The van der Waals surface area contributed by atoms with Gasteiger partial charge in [0.25, 0.3) is 0 Å². The van der Waals surface area contributed by atoms with Crippen LogP contribution in [0.25, 0.3) is 110 Å². The first-order valence-electron chi connectivity index (χ1n) is 39.5. The highest BCUT2D eigenvalue weighted by Gasteiger charge is 2.22. The van der Waals surface area contributed by atoms with Gasteiger partial charge in [-0.3, -0.25) is 19.9 Å². The molecular weight excluding hydrogens is 1510 g/mol. The second-order valence-electron chi connectivity index (χ2n) is 28.5. The van der Waals surface area contributed by atoms with Gasteiger partial charge < -0.3 is 53.1 Å².